The summed E-state index contributed by atoms with van der Waals surface area (Å²) in [5, 5.41) is 10.5. The number of nitro benzene ring substituents is 1. The van der Waals surface area contributed by atoms with E-state index in [0.29, 0.717) is 0 Å². The maximum absolute atomic E-state index is 10.8. The average molecular weight is 232 g/mol. The Bertz CT molecular complexity index is 522. The monoisotopic (exact) mass is 232 g/mol. The molecular formula is C7H8N2O5S. The highest BCUT2D eigenvalue weighted by Crippen LogP contribution is 2.28. The van der Waals surface area contributed by atoms with Crippen LogP contribution >= 0.6 is 0 Å². The lowest BCUT2D eigenvalue weighted by molar-refractivity contribution is -0.384. The summed E-state index contributed by atoms with van der Waals surface area (Å²) in [5.41, 5.74) is 4.94. The summed E-state index contributed by atoms with van der Waals surface area (Å²) in [4.78, 5) is 9.15. The molecule has 0 unspecified atom stereocenters. The minimum atomic E-state index is -4.46. The number of nitrogens with two attached hydrogens (primary N) is 1. The number of hydrogen-bond acceptors (Lipinski definition) is 5. The number of hydrogen-bond donors (Lipinski definition) is 2. The summed E-state index contributed by atoms with van der Waals surface area (Å²) >= 11 is 0. The summed E-state index contributed by atoms with van der Waals surface area (Å²) in [5.74, 6) is 0. The zero-order chi connectivity index (χ0) is 11.8. The van der Waals surface area contributed by atoms with Crippen molar-refractivity contribution >= 4 is 21.5 Å². The minimum absolute atomic E-state index is 0.118. The van der Waals surface area contributed by atoms with Gasteiger partial charge < -0.3 is 5.73 Å². The van der Waals surface area contributed by atoms with E-state index in [-0.39, 0.29) is 11.3 Å². The van der Waals surface area contributed by atoms with Crippen molar-refractivity contribution in [1.82, 2.24) is 0 Å². The third-order valence-corrected chi connectivity index (χ3v) is 2.66. The molecular weight excluding hydrogens is 224 g/mol. The van der Waals surface area contributed by atoms with Crippen molar-refractivity contribution in [3.8, 4) is 0 Å². The molecule has 15 heavy (non-hydrogen) atoms. The van der Waals surface area contributed by atoms with Gasteiger partial charge in [-0.25, -0.2) is 0 Å². The molecule has 0 aliphatic heterocycles. The first-order valence-corrected chi connectivity index (χ1v) is 5.19. The Balaban J connectivity index is 3.57. The van der Waals surface area contributed by atoms with Crippen LogP contribution in [0.5, 0.6) is 0 Å². The first-order valence-electron chi connectivity index (χ1n) is 3.75. The van der Waals surface area contributed by atoms with Crippen molar-refractivity contribution in [3.63, 3.8) is 0 Å². The number of aryl methyl sites for hydroxylation is 1. The van der Waals surface area contributed by atoms with Gasteiger partial charge in [0.1, 0.15) is 10.6 Å². The summed E-state index contributed by atoms with van der Waals surface area (Å²) in [6.45, 7) is 1.41. The van der Waals surface area contributed by atoms with Crippen LogP contribution in [0.4, 0.5) is 11.4 Å². The lowest BCUT2D eigenvalue weighted by Crippen LogP contribution is -2.04. The summed E-state index contributed by atoms with van der Waals surface area (Å²) in [7, 11) is -4.46. The van der Waals surface area contributed by atoms with Crippen LogP contribution in [-0.4, -0.2) is 17.9 Å². The molecule has 82 valence electrons. The van der Waals surface area contributed by atoms with Crippen LogP contribution in [-0.2, 0) is 10.1 Å². The summed E-state index contributed by atoms with van der Waals surface area (Å²) in [6, 6.07) is 1.79. The van der Waals surface area contributed by atoms with Crippen molar-refractivity contribution in [2.45, 2.75) is 11.8 Å². The lowest BCUT2D eigenvalue weighted by Gasteiger charge is -2.03. The number of rotatable bonds is 2. The molecule has 0 aliphatic carbocycles. The van der Waals surface area contributed by atoms with Crippen LogP contribution in [0, 0.1) is 17.0 Å². The van der Waals surface area contributed by atoms with Crippen LogP contribution in [0.25, 0.3) is 0 Å². The molecule has 3 N–H and O–H groups in total. The second kappa shape index (κ2) is 3.48. The van der Waals surface area contributed by atoms with E-state index in [4.69, 9.17) is 10.3 Å². The molecule has 0 atom stereocenters. The summed E-state index contributed by atoms with van der Waals surface area (Å²) < 4.78 is 30.2. The number of nitro groups is 1. The molecule has 0 amide bonds. The van der Waals surface area contributed by atoms with Crippen molar-refractivity contribution in [1.29, 1.82) is 0 Å². The zero-order valence-corrected chi connectivity index (χ0v) is 8.48. The van der Waals surface area contributed by atoms with E-state index in [1.165, 1.54) is 6.92 Å². The Kier molecular flexibility index (Phi) is 2.65. The molecule has 1 aromatic carbocycles. The normalized spacial score (nSPS) is 11.3. The number of nitrogens with zero attached hydrogens (tertiary/aromatic N) is 1. The molecule has 0 spiro atoms. The molecule has 0 fully saturated rings. The second-order valence-electron chi connectivity index (χ2n) is 2.91. The molecule has 7 nitrogen and oxygen atoms in total. The third kappa shape index (κ3) is 2.22. The fraction of sp³-hybridized carbons (Fsp3) is 0.143. The Morgan fingerprint density at radius 2 is 2.00 bits per heavy atom. The van der Waals surface area contributed by atoms with Gasteiger partial charge in [-0.2, -0.15) is 8.42 Å². The molecule has 1 rings (SSSR count). The van der Waals surface area contributed by atoms with Gasteiger partial charge >= 0.3 is 0 Å². The third-order valence-electron chi connectivity index (χ3n) is 1.83. The molecule has 8 heteroatoms. The van der Waals surface area contributed by atoms with E-state index < -0.39 is 25.6 Å². The standard InChI is InChI=1S/C7H8N2O5S/c1-4-2-5(15(12,13)14)3-6(7(4)8)9(10)11/h2-3H,8H2,1H3,(H,12,13,14). The van der Waals surface area contributed by atoms with Crippen LogP contribution in [0.2, 0.25) is 0 Å². The van der Waals surface area contributed by atoms with E-state index in [0.717, 1.165) is 12.1 Å². The highest BCUT2D eigenvalue weighted by atomic mass is 32.2. The van der Waals surface area contributed by atoms with Gasteiger partial charge in [0.2, 0.25) is 0 Å². The van der Waals surface area contributed by atoms with Crippen LogP contribution in [0.3, 0.4) is 0 Å². The Morgan fingerprint density at radius 3 is 2.40 bits per heavy atom. The van der Waals surface area contributed by atoms with Gasteiger partial charge in [0.05, 0.1) is 4.92 Å². The number of anilines is 1. The molecule has 0 aliphatic rings. The predicted molar refractivity (Wildman–Crippen MR) is 52.1 cm³/mol. The second-order valence-corrected chi connectivity index (χ2v) is 4.33. The largest absolute Gasteiger partial charge is 0.393 e. The highest BCUT2D eigenvalue weighted by Gasteiger charge is 2.20. The van der Waals surface area contributed by atoms with E-state index in [2.05, 4.69) is 0 Å². The fourth-order valence-electron chi connectivity index (χ4n) is 1.05. The van der Waals surface area contributed by atoms with Gasteiger partial charge in [-0.3, -0.25) is 14.7 Å². The topological polar surface area (TPSA) is 124 Å². The highest BCUT2D eigenvalue weighted by molar-refractivity contribution is 7.85. The van der Waals surface area contributed by atoms with Crippen molar-refractivity contribution < 1.29 is 17.9 Å². The number of nitrogen functional groups attached to an aromatic ring is 1. The van der Waals surface area contributed by atoms with Crippen LogP contribution < -0.4 is 5.73 Å². The Hall–Kier alpha value is -1.67. The first kappa shape index (κ1) is 11.4. The predicted octanol–water partition coefficient (Wildman–Crippen LogP) is 0.732. The van der Waals surface area contributed by atoms with E-state index in [9.17, 15) is 18.5 Å². The molecule has 0 radical (unpaired) electrons. The number of benzene rings is 1. The van der Waals surface area contributed by atoms with Gasteiger partial charge in [-0.1, -0.05) is 0 Å². The first-order chi connectivity index (χ1) is 6.73. The van der Waals surface area contributed by atoms with Crippen LogP contribution in [0.1, 0.15) is 5.56 Å². The summed E-state index contributed by atoms with van der Waals surface area (Å²) in [6.07, 6.45) is 0. The average Bonchev–Trinajstić information content (AvgIpc) is 2.06. The van der Waals surface area contributed by atoms with Crippen molar-refractivity contribution in [3.05, 3.63) is 27.8 Å². The Morgan fingerprint density at radius 1 is 1.47 bits per heavy atom. The van der Waals surface area contributed by atoms with Gasteiger partial charge in [-0.05, 0) is 18.6 Å². The zero-order valence-electron chi connectivity index (χ0n) is 7.67. The smallest absolute Gasteiger partial charge is 0.294 e. The van der Waals surface area contributed by atoms with Crippen LogP contribution in [0.15, 0.2) is 17.0 Å². The molecule has 1 aromatic rings. The van der Waals surface area contributed by atoms with Gasteiger partial charge in [-0.15, -0.1) is 0 Å². The van der Waals surface area contributed by atoms with E-state index in [1.807, 2.05) is 0 Å². The van der Waals surface area contributed by atoms with Crippen molar-refractivity contribution in [2.24, 2.45) is 0 Å². The molecule has 0 heterocycles. The maximum Gasteiger partial charge on any atom is 0.294 e. The van der Waals surface area contributed by atoms with E-state index in [1.54, 1.807) is 0 Å². The lowest BCUT2D eigenvalue weighted by atomic mass is 10.2. The Labute approximate surface area is 85.4 Å². The molecule has 0 saturated heterocycles. The van der Waals surface area contributed by atoms with Crippen molar-refractivity contribution in [2.75, 3.05) is 5.73 Å². The minimum Gasteiger partial charge on any atom is -0.393 e. The molecule has 0 aromatic heterocycles. The SMILES string of the molecule is Cc1cc(S(=O)(=O)O)cc([N+](=O)[O-])c1N. The molecule has 0 saturated carbocycles. The quantitative estimate of drug-likeness (QED) is 0.335. The van der Waals surface area contributed by atoms with Gasteiger partial charge in [0.25, 0.3) is 15.8 Å². The fourth-order valence-corrected chi connectivity index (χ4v) is 1.63. The van der Waals surface area contributed by atoms with E-state index >= 15 is 0 Å². The van der Waals surface area contributed by atoms with Gasteiger partial charge in [0.15, 0.2) is 0 Å². The molecule has 0 bridgehead atoms. The maximum atomic E-state index is 10.8. The van der Waals surface area contributed by atoms with Gasteiger partial charge in [0, 0.05) is 6.07 Å².